The van der Waals surface area contributed by atoms with Gasteiger partial charge in [0, 0.05) is 40.0 Å². The number of nitrogen functional groups attached to an aromatic ring is 1. The van der Waals surface area contributed by atoms with Gasteiger partial charge in [-0.15, -0.1) is 0 Å². The van der Waals surface area contributed by atoms with E-state index in [1.54, 1.807) is 43.1 Å². The molecule has 6 nitrogen and oxygen atoms in total. The van der Waals surface area contributed by atoms with Crippen LogP contribution in [0.4, 0.5) is 10.2 Å². The lowest BCUT2D eigenvalue weighted by Gasteiger charge is -2.16. The number of aliphatic hydroxyl groups is 1. The minimum absolute atomic E-state index is 0.313. The summed E-state index contributed by atoms with van der Waals surface area (Å²) in [6, 6.07) is 16.3. The summed E-state index contributed by atoms with van der Waals surface area (Å²) < 4.78 is 15.3. The maximum atomic E-state index is 13.7. The maximum Gasteiger partial charge on any atom is 0.132 e. The molecule has 0 aliphatic carbocycles. The number of halogens is 1. The summed E-state index contributed by atoms with van der Waals surface area (Å²) >= 11 is 0. The Hall–Kier alpha value is -4.10. The number of nitrogens with two attached hydrogens (primary N) is 1. The highest BCUT2D eigenvalue weighted by Crippen LogP contribution is 2.38. The van der Waals surface area contributed by atoms with E-state index in [2.05, 4.69) is 23.1 Å². The number of hydrogen-bond acceptors (Lipinski definition) is 5. The van der Waals surface area contributed by atoms with E-state index in [9.17, 15) is 9.50 Å². The molecule has 176 valence electrons. The Balaban J connectivity index is 1.70. The van der Waals surface area contributed by atoms with Crippen molar-refractivity contribution in [1.29, 1.82) is 0 Å². The van der Waals surface area contributed by atoms with Crippen molar-refractivity contribution in [1.82, 2.24) is 19.7 Å². The van der Waals surface area contributed by atoms with Gasteiger partial charge in [-0.25, -0.2) is 9.37 Å². The van der Waals surface area contributed by atoms with Gasteiger partial charge in [0.05, 0.1) is 29.6 Å². The SMILES string of the molecule is Cc1ccnc2ccc(-c3cc(-c4cnn(CC(C)(C)O)c4)c(N)nc3-c3ccc(F)cc3)cc12. The van der Waals surface area contributed by atoms with Crippen LogP contribution in [0.1, 0.15) is 19.4 Å². The third-order valence-electron chi connectivity index (χ3n) is 5.93. The van der Waals surface area contributed by atoms with Crippen molar-refractivity contribution < 1.29 is 9.50 Å². The normalized spacial score (nSPS) is 11.8. The predicted octanol–water partition coefficient (Wildman–Crippen LogP) is 5.63. The third-order valence-corrected chi connectivity index (χ3v) is 5.93. The highest BCUT2D eigenvalue weighted by molar-refractivity contribution is 5.93. The van der Waals surface area contributed by atoms with E-state index in [-0.39, 0.29) is 5.82 Å². The summed E-state index contributed by atoms with van der Waals surface area (Å²) in [5.74, 6) is 0.0287. The Kier molecular flexibility index (Phi) is 5.57. The van der Waals surface area contributed by atoms with Crippen LogP contribution >= 0.6 is 0 Å². The molecule has 2 aromatic carbocycles. The van der Waals surface area contributed by atoms with Crippen molar-refractivity contribution in [3.05, 3.63) is 84.6 Å². The van der Waals surface area contributed by atoms with Crippen LogP contribution in [0.2, 0.25) is 0 Å². The maximum absolute atomic E-state index is 13.7. The Bertz CT molecular complexity index is 1530. The molecule has 0 fully saturated rings. The van der Waals surface area contributed by atoms with Gasteiger partial charge in [0.1, 0.15) is 11.6 Å². The van der Waals surface area contributed by atoms with Gasteiger partial charge in [-0.05, 0) is 80.4 Å². The van der Waals surface area contributed by atoms with E-state index in [0.717, 1.165) is 44.3 Å². The molecule has 3 aromatic heterocycles. The number of hydrogen-bond donors (Lipinski definition) is 2. The fourth-order valence-electron chi connectivity index (χ4n) is 4.24. The van der Waals surface area contributed by atoms with Gasteiger partial charge in [-0.1, -0.05) is 6.07 Å². The molecule has 5 rings (SSSR count). The second-order valence-corrected chi connectivity index (χ2v) is 9.42. The van der Waals surface area contributed by atoms with E-state index < -0.39 is 5.60 Å². The van der Waals surface area contributed by atoms with Crippen LogP contribution in [-0.4, -0.2) is 30.5 Å². The summed E-state index contributed by atoms with van der Waals surface area (Å²) in [4.78, 5) is 9.23. The molecular weight excluding hydrogens is 441 g/mol. The first-order valence-corrected chi connectivity index (χ1v) is 11.4. The molecule has 5 aromatic rings. The fraction of sp³-hybridized carbons (Fsp3) is 0.179. The van der Waals surface area contributed by atoms with Crippen molar-refractivity contribution in [3.8, 4) is 33.5 Å². The fourth-order valence-corrected chi connectivity index (χ4v) is 4.24. The standard InChI is InChI=1S/C28H26FN5O/c1-17-10-11-31-25-9-6-19(12-22(17)25)23-13-24(20-14-32-34(15-20)16-28(2,3)35)27(30)33-26(23)18-4-7-21(29)8-5-18/h4-15,35H,16H2,1-3H3,(H2,30,33). The number of anilines is 1. The topological polar surface area (TPSA) is 89.8 Å². The Morgan fingerprint density at radius 2 is 1.71 bits per heavy atom. The summed E-state index contributed by atoms with van der Waals surface area (Å²) in [6.07, 6.45) is 5.37. The molecule has 0 saturated heterocycles. The average molecular weight is 468 g/mol. The van der Waals surface area contributed by atoms with Gasteiger partial charge >= 0.3 is 0 Å². The Morgan fingerprint density at radius 1 is 0.971 bits per heavy atom. The zero-order valence-corrected chi connectivity index (χ0v) is 19.8. The van der Waals surface area contributed by atoms with E-state index in [1.165, 1.54) is 12.1 Å². The van der Waals surface area contributed by atoms with Crippen LogP contribution in [0.15, 0.2) is 73.2 Å². The van der Waals surface area contributed by atoms with E-state index in [0.29, 0.717) is 18.1 Å². The molecule has 7 heteroatoms. The highest BCUT2D eigenvalue weighted by Gasteiger charge is 2.18. The van der Waals surface area contributed by atoms with Gasteiger partial charge in [-0.3, -0.25) is 9.67 Å². The van der Waals surface area contributed by atoms with Crippen molar-refractivity contribution in [3.63, 3.8) is 0 Å². The van der Waals surface area contributed by atoms with Gasteiger partial charge in [0.15, 0.2) is 0 Å². The molecule has 0 atom stereocenters. The van der Waals surface area contributed by atoms with Crippen molar-refractivity contribution in [2.45, 2.75) is 32.9 Å². The largest absolute Gasteiger partial charge is 0.389 e. The molecule has 0 aliphatic rings. The van der Waals surface area contributed by atoms with E-state index in [4.69, 9.17) is 10.7 Å². The van der Waals surface area contributed by atoms with Crippen LogP contribution in [0, 0.1) is 12.7 Å². The minimum Gasteiger partial charge on any atom is -0.389 e. The highest BCUT2D eigenvalue weighted by atomic mass is 19.1. The van der Waals surface area contributed by atoms with Gasteiger partial charge in [-0.2, -0.15) is 5.10 Å². The van der Waals surface area contributed by atoms with Crippen molar-refractivity contribution >= 4 is 16.7 Å². The monoisotopic (exact) mass is 467 g/mol. The van der Waals surface area contributed by atoms with Gasteiger partial charge < -0.3 is 10.8 Å². The first kappa shape index (κ1) is 22.7. The molecule has 0 bridgehead atoms. The van der Waals surface area contributed by atoms with Crippen LogP contribution in [0.25, 0.3) is 44.4 Å². The minimum atomic E-state index is -0.901. The Morgan fingerprint density at radius 3 is 2.46 bits per heavy atom. The molecular formula is C28H26FN5O. The number of rotatable bonds is 5. The number of nitrogens with zero attached hydrogens (tertiary/aromatic N) is 4. The predicted molar refractivity (Wildman–Crippen MR) is 137 cm³/mol. The van der Waals surface area contributed by atoms with Crippen LogP contribution in [0.3, 0.4) is 0 Å². The lowest BCUT2D eigenvalue weighted by atomic mass is 9.94. The zero-order chi connectivity index (χ0) is 24.7. The number of aromatic nitrogens is 4. The first-order valence-electron chi connectivity index (χ1n) is 11.4. The smallest absolute Gasteiger partial charge is 0.132 e. The number of benzene rings is 2. The molecule has 0 unspecified atom stereocenters. The second-order valence-electron chi connectivity index (χ2n) is 9.42. The summed E-state index contributed by atoms with van der Waals surface area (Å²) in [5, 5.41) is 15.6. The molecule has 0 saturated carbocycles. The molecule has 0 aliphatic heterocycles. The molecule has 0 radical (unpaired) electrons. The molecule has 0 spiro atoms. The third kappa shape index (κ3) is 4.63. The zero-order valence-electron chi connectivity index (χ0n) is 19.8. The van der Waals surface area contributed by atoms with Gasteiger partial charge in [0.2, 0.25) is 0 Å². The number of aryl methyl sites for hydroxylation is 1. The second kappa shape index (κ2) is 8.60. The lowest BCUT2D eigenvalue weighted by molar-refractivity contribution is 0.0577. The number of pyridine rings is 2. The molecule has 0 amide bonds. The van der Waals surface area contributed by atoms with Crippen LogP contribution in [-0.2, 0) is 6.54 Å². The quantitative estimate of drug-likeness (QED) is 0.350. The summed E-state index contributed by atoms with van der Waals surface area (Å²) in [6.45, 7) is 5.86. The molecule has 35 heavy (non-hydrogen) atoms. The lowest BCUT2D eigenvalue weighted by Crippen LogP contribution is -2.26. The van der Waals surface area contributed by atoms with E-state index >= 15 is 0 Å². The number of fused-ring (bicyclic) bond motifs is 1. The van der Waals surface area contributed by atoms with Crippen LogP contribution < -0.4 is 5.73 Å². The average Bonchev–Trinajstić information content (AvgIpc) is 3.26. The van der Waals surface area contributed by atoms with Crippen LogP contribution in [0.5, 0.6) is 0 Å². The molecule has 3 N–H and O–H groups in total. The first-order chi connectivity index (χ1) is 16.7. The summed E-state index contributed by atoms with van der Waals surface area (Å²) in [7, 11) is 0. The summed E-state index contributed by atoms with van der Waals surface area (Å²) in [5.41, 5.74) is 12.3. The van der Waals surface area contributed by atoms with Crippen molar-refractivity contribution in [2.75, 3.05) is 5.73 Å². The van der Waals surface area contributed by atoms with E-state index in [1.807, 2.05) is 30.5 Å². The van der Waals surface area contributed by atoms with Crippen molar-refractivity contribution in [2.24, 2.45) is 0 Å². The molecule has 3 heterocycles. The van der Waals surface area contributed by atoms with Gasteiger partial charge in [0.25, 0.3) is 0 Å². The Labute approximate surface area is 202 Å².